The molecule has 0 saturated carbocycles. The molecule has 0 aliphatic rings. The van der Waals surface area contributed by atoms with Gasteiger partial charge in [0.15, 0.2) is 0 Å². The smallest absolute Gasteiger partial charge is 0.0928 e. The first-order valence-corrected chi connectivity index (χ1v) is 5.59. The van der Waals surface area contributed by atoms with Crippen LogP contribution in [0.4, 0.5) is 0 Å². The Labute approximate surface area is 98.6 Å². The summed E-state index contributed by atoms with van der Waals surface area (Å²) in [5, 5.41) is 12.9. The summed E-state index contributed by atoms with van der Waals surface area (Å²) in [7, 11) is 3.46. The molecule has 0 bridgehead atoms. The molecule has 3 nitrogen and oxygen atoms in total. The molecule has 1 unspecified atom stereocenters. The van der Waals surface area contributed by atoms with Gasteiger partial charge in [0, 0.05) is 23.7 Å². The highest BCUT2D eigenvalue weighted by molar-refractivity contribution is 9.10. The van der Waals surface area contributed by atoms with Gasteiger partial charge >= 0.3 is 0 Å². The summed E-state index contributed by atoms with van der Waals surface area (Å²) in [6.07, 6.45) is -0.518. The van der Waals surface area contributed by atoms with Crippen molar-refractivity contribution in [1.29, 1.82) is 0 Å². The Bertz CT molecular complexity index is 317. The van der Waals surface area contributed by atoms with Crippen molar-refractivity contribution in [2.75, 3.05) is 20.7 Å². The summed E-state index contributed by atoms with van der Waals surface area (Å²) >= 11 is 3.44. The van der Waals surface area contributed by atoms with Crippen molar-refractivity contribution in [3.63, 3.8) is 0 Å². The van der Waals surface area contributed by atoms with Crippen molar-refractivity contribution < 1.29 is 9.84 Å². The van der Waals surface area contributed by atoms with Gasteiger partial charge in [0.25, 0.3) is 0 Å². The molecule has 1 aromatic carbocycles. The fourth-order valence-electron chi connectivity index (χ4n) is 1.53. The number of hydrogen-bond acceptors (Lipinski definition) is 3. The van der Waals surface area contributed by atoms with Crippen molar-refractivity contribution in [1.82, 2.24) is 5.32 Å². The minimum Gasteiger partial charge on any atom is -0.387 e. The molecule has 1 rings (SSSR count). The maximum atomic E-state index is 9.96. The lowest BCUT2D eigenvalue weighted by molar-refractivity contribution is 0.160. The number of aliphatic hydroxyl groups is 1. The highest BCUT2D eigenvalue weighted by atomic mass is 79.9. The largest absolute Gasteiger partial charge is 0.387 e. The van der Waals surface area contributed by atoms with Crippen LogP contribution in [0.2, 0.25) is 0 Å². The third-order valence-corrected chi connectivity index (χ3v) is 2.87. The molecule has 0 heterocycles. The predicted molar refractivity (Wildman–Crippen MR) is 63.7 cm³/mol. The van der Waals surface area contributed by atoms with Gasteiger partial charge in [0.1, 0.15) is 0 Å². The Hall–Kier alpha value is -0.420. The summed E-state index contributed by atoms with van der Waals surface area (Å²) in [6.45, 7) is 1.04. The zero-order valence-corrected chi connectivity index (χ0v) is 10.5. The first-order valence-electron chi connectivity index (χ1n) is 4.79. The molecule has 0 spiro atoms. The van der Waals surface area contributed by atoms with Crippen LogP contribution in [0.1, 0.15) is 17.2 Å². The van der Waals surface area contributed by atoms with Crippen LogP contribution >= 0.6 is 15.9 Å². The van der Waals surface area contributed by atoms with Crippen LogP contribution in [0.5, 0.6) is 0 Å². The number of ether oxygens (including phenoxy) is 1. The summed E-state index contributed by atoms with van der Waals surface area (Å²) in [5.41, 5.74) is 1.91. The number of likely N-dealkylation sites (N-methyl/N-ethyl adjacent to an activating group) is 1. The van der Waals surface area contributed by atoms with Crippen LogP contribution in [0.25, 0.3) is 0 Å². The quantitative estimate of drug-likeness (QED) is 0.861. The number of halogens is 1. The van der Waals surface area contributed by atoms with Gasteiger partial charge in [0.05, 0.1) is 12.7 Å². The second-order valence-corrected chi connectivity index (χ2v) is 4.17. The van der Waals surface area contributed by atoms with Gasteiger partial charge in [-0.1, -0.05) is 28.1 Å². The van der Waals surface area contributed by atoms with Crippen LogP contribution in [-0.2, 0) is 11.3 Å². The Morgan fingerprint density at radius 2 is 2.27 bits per heavy atom. The summed E-state index contributed by atoms with van der Waals surface area (Å²) in [5.74, 6) is 0. The second kappa shape index (κ2) is 6.23. The van der Waals surface area contributed by atoms with Crippen molar-refractivity contribution >= 4 is 15.9 Å². The first kappa shape index (κ1) is 12.6. The van der Waals surface area contributed by atoms with E-state index in [1.807, 2.05) is 25.2 Å². The number of nitrogens with one attached hydrogen (secondary N) is 1. The fourth-order valence-corrected chi connectivity index (χ4v) is 2.20. The minimum atomic E-state index is -0.518. The molecule has 0 radical (unpaired) electrons. The van der Waals surface area contributed by atoms with Gasteiger partial charge in [0.2, 0.25) is 0 Å². The molecule has 2 N–H and O–H groups in total. The van der Waals surface area contributed by atoms with Gasteiger partial charge in [-0.2, -0.15) is 0 Å². The number of benzene rings is 1. The molecular weight excluding hydrogens is 258 g/mol. The van der Waals surface area contributed by atoms with Crippen LogP contribution in [0, 0.1) is 0 Å². The van der Waals surface area contributed by atoms with E-state index in [-0.39, 0.29) is 0 Å². The molecule has 0 amide bonds. The topological polar surface area (TPSA) is 41.5 Å². The zero-order chi connectivity index (χ0) is 11.3. The van der Waals surface area contributed by atoms with Gasteiger partial charge < -0.3 is 15.2 Å². The number of methoxy groups -OCH3 is 1. The maximum Gasteiger partial charge on any atom is 0.0928 e. The average molecular weight is 274 g/mol. The molecule has 84 valence electrons. The number of hydrogen-bond donors (Lipinski definition) is 2. The maximum absolute atomic E-state index is 9.96. The van der Waals surface area contributed by atoms with Crippen molar-refractivity contribution in [2.24, 2.45) is 0 Å². The van der Waals surface area contributed by atoms with Crippen LogP contribution in [0.3, 0.4) is 0 Å². The van der Waals surface area contributed by atoms with Crippen LogP contribution < -0.4 is 5.32 Å². The predicted octanol–water partition coefficient (Wildman–Crippen LogP) is 1.85. The fraction of sp³-hybridized carbons (Fsp3) is 0.455. The van der Waals surface area contributed by atoms with E-state index in [1.165, 1.54) is 0 Å². The molecule has 0 saturated heterocycles. The average Bonchev–Trinajstić information content (AvgIpc) is 2.18. The highest BCUT2D eigenvalue weighted by Gasteiger charge is 2.14. The SMILES string of the molecule is CNCC(O)c1c(Br)cccc1COC. The summed E-state index contributed by atoms with van der Waals surface area (Å²) in [6, 6.07) is 5.82. The number of rotatable bonds is 5. The van der Waals surface area contributed by atoms with E-state index in [9.17, 15) is 5.11 Å². The standard InChI is InChI=1S/C11H16BrNO2/c1-13-6-10(14)11-8(7-15-2)4-3-5-9(11)12/h3-5,10,13-14H,6-7H2,1-2H3. The Balaban J connectivity index is 3.00. The number of aliphatic hydroxyl groups excluding tert-OH is 1. The van der Waals surface area contributed by atoms with Crippen molar-refractivity contribution in [3.05, 3.63) is 33.8 Å². The van der Waals surface area contributed by atoms with E-state index in [1.54, 1.807) is 7.11 Å². The summed E-state index contributed by atoms with van der Waals surface area (Å²) in [4.78, 5) is 0. The lowest BCUT2D eigenvalue weighted by Crippen LogP contribution is -2.18. The minimum absolute atomic E-state index is 0.509. The van der Waals surface area contributed by atoms with Gasteiger partial charge in [-0.05, 0) is 18.7 Å². The molecule has 0 aliphatic heterocycles. The highest BCUT2D eigenvalue weighted by Crippen LogP contribution is 2.27. The van der Waals surface area contributed by atoms with Crippen LogP contribution in [0.15, 0.2) is 22.7 Å². The molecule has 0 aromatic heterocycles. The molecule has 4 heteroatoms. The second-order valence-electron chi connectivity index (χ2n) is 3.32. The Kier molecular flexibility index (Phi) is 5.25. The van der Waals surface area contributed by atoms with Gasteiger partial charge in [-0.25, -0.2) is 0 Å². The zero-order valence-electron chi connectivity index (χ0n) is 8.96. The lowest BCUT2D eigenvalue weighted by atomic mass is 10.0. The molecule has 15 heavy (non-hydrogen) atoms. The molecular formula is C11H16BrNO2. The summed E-state index contributed by atoms with van der Waals surface area (Å²) < 4.78 is 6.02. The normalized spacial score (nSPS) is 12.8. The Morgan fingerprint density at radius 1 is 1.53 bits per heavy atom. The monoisotopic (exact) mass is 273 g/mol. The molecule has 1 atom stereocenters. The van der Waals surface area contributed by atoms with E-state index < -0.39 is 6.10 Å². The molecule has 0 aliphatic carbocycles. The van der Waals surface area contributed by atoms with Gasteiger partial charge in [-0.3, -0.25) is 0 Å². The van der Waals surface area contributed by atoms with E-state index in [2.05, 4.69) is 21.2 Å². The molecule has 1 aromatic rings. The van der Waals surface area contributed by atoms with E-state index in [4.69, 9.17) is 4.74 Å². The third-order valence-electron chi connectivity index (χ3n) is 2.17. The van der Waals surface area contributed by atoms with E-state index in [0.717, 1.165) is 15.6 Å². The lowest BCUT2D eigenvalue weighted by Gasteiger charge is -2.16. The van der Waals surface area contributed by atoms with Crippen molar-refractivity contribution in [3.8, 4) is 0 Å². The van der Waals surface area contributed by atoms with Crippen molar-refractivity contribution in [2.45, 2.75) is 12.7 Å². The van der Waals surface area contributed by atoms with Gasteiger partial charge in [-0.15, -0.1) is 0 Å². The first-order chi connectivity index (χ1) is 7.20. The van der Waals surface area contributed by atoms with Crippen LogP contribution in [-0.4, -0.2) is 25.8 Å². The Morgan fingerprint density at radius 3 is 2.87 bits per heavy atom. The third kappa shape index (κ3) is 3.28. The van der Waals surface area contributed by atoms with E-state index >= 15 is 0 Å². The van der Waals surface area contributed by atoms with E-state index in [0.29, 0.717) is 13.2 Å². The molecule has 0 fully saturated rings.